The van der Waals surface area contributed by atoms with Crippen molar-refractivity contribution in [3.05, 3.63) is 65.5 Å². The zero-order valence-electron chi connectivity index (χ0n) is 12.3. The zero-order chi connectivity index (χ0) is 14.7. The van der Waals surface area contributed by atoms with Crippen LogP contribution in [0.4, 0.5) is 10.1 Å². The fraction of sp³-hybridized carbons (Fsp3) is 0.333. The van der Waals surface area contributed by atoms with Gasteiger partial charge in [-0.05, 0) is 36.6 Å². The Hall–Kier alpha value is -1.87. The van der Waals surface area contributed by atoms with Crippen LogP contribution in [0.15, 0.2) is 48.5 Å². The predicted octanol–water partition coefficient (Wildman–Crippen LogP) is 3.82. The molecule has 0 spiro atoms. The first-order valence-corrected chi connectivity index (χ1v) is 7.50. The van der Waals surface area contributed by atoms with Gasteiger partial charge in [0, 0.05) is 25.7 Å². The van der Waals surface area contributed by atoms with Crippen LogP contribution in [0.25, 0.3) is 0 Å². The van der Waals surface area contributed by atoms with Gasteiger partial charge in [0.25, 0.3) is 0 Å². The number of nitrogens with one attached hydrogen (secondary N) is 1. The van der Waals surface area contributed by atoms with Crippen LogP contribution in [0.1, 0.15) is 17.5 Å². The van der Waals surface area contributed by atoms with Crippen LogP contribution in [0.3, 0.4) is 0 Å². The molecule has 0 aromatic heterocycles. The maximum atomic E-state index is 13.9. The number of rotatable bonds is 4. The molecule has 1 N–H and O–H groups in total. The van der Waals surface area contributed by atoms with Gasteiger partial charge in [0.2, 0.25) is 0 Å². The summed E-state index contributed by atoms with van der Waals surface area (Å²) in [4.78, 5) is 2.42. The van der Waals surface area contributed by atoms with Crippen LogP contribution in [-0.4, -0.2) is 24.0 Å². The van der Waals surface area contributed by atoms with Crippen molar-refractivity contribution in [2.45, 2.75) is 25.9 Å². The SMILES string of the molecule is Cc1ccc(NC2CCN(Cc3ccccc3)C2)c(F)c1. The van der Waals surface area contributed by atoms with Gasteiger partial charge in [-0.25, -0.2) is 4.39 Å². The van der Waals surface area contributed by atoms with Gasteiger partial charge in [-0.1, -0.05) is 36.4 Å². The Balaban J connectivity index is 1.57. The summed E-state index contributed by atoms with van der Waals surface area (Å²) in [5, 5.41) is 3.34. The molecule has 0 amide bonds. The van der Waals surface area contributed by atoms with E-state index >= 15 is 0 Å². The highest BCUT2D eigenvalue weighted by Crippen LogP contribution is 2.21. The molecule has 2 aromatic rings. The molecule has 2 aromatic carbocycles. The first kappa shape index (κ1) is 14.1. The molecule has 3 rings (SSSR count). The molecule has 3 heteroatoms. The highest BCUT2D eigenvalue weighted by atomic mass is 19.1. The summed E-state index contributed by atoms with van der Waals surface area (Å²) in [5.41, 5.74) is 2.90. The monoisotopic (exact) mass is 284 g/mol. The molecule has 1 aliphatic rings. The summed E-state index contributed by atoms with van der Waals surface area (Å²) in [6.07, 6.45) is 1.06. The number of aryl methyl sites for hydroxylation is 1. The summed E-state index contributed by atoms with van der Waals surface area (Å²) < 4.78 is 13.9. The van der Waals surface area contributed by atoms with Gasteiger partial charge in [-0.15, -0.1) is 0 Å². The van der Waals surface area contributed by atoms with Gasteiger partial charge in [0.15, 0.2) is 0 Å². The van der Waals surface area contributed by atoms with E-state index in [-0.39, 0.29) is 5.82 Å². The quantitative estimate of drug-likeness (QED) is 0.918. The molecule has 0 bridgehead atoms. The molecular weight excluding hydrogens is 263 g/mol. The van der Waals surface area contributed by atoms with E-state index in [4.69, 9.17) is 0 Å². The van der Waals surface area contributed by atoms with Crippen LogP contribution in [0.5, 0.6) is 0 Å². The van der Waals surface area contributed by atoms with Crippen LogP contribution in [-0.2, 0) is 6.54 Å². The van der Waals surface area contributed by atoms with Crippen LogP contribution in [0, 0.1) is 12.7 Å². The molecule has 0 radical (unpaired) electrons. The van der Waals surface area contributed by atoms with E-state index in [0.29, 0.717) is 11.7 Å². The first-order chi connectivity index (χ1) is 10.2. The number of anilines is 1. The smallest absolute Gasteiger partial charge is 0.146 e. The van der Waals surface area contributed by atoms with E-state index in [0.717, 1.165) is 31.6 Å². The average Bonchev–Trinajstić information content (AvgIpc) is 2.90. The lowest BCUT2D eigenvalue weighted by atomic mass is 10.2. The summed E-state index contributed by atoms with van der Waals surface area (Å²) in [5.74, 6) is -0.156. The predicted molar refractivity (Wildman–Crippen MR) is 84.9 cm³/mol. The van der Waals surface area contributed by atoms with Crippen molar-refractivity contribution in [3.8, 4) is 0 Å². The lowest BCUT2D eigenvalue weighted by Crippen LogP contribution is -2.26. The Kier molecular flexibility index (Phi) is 4.20. The first-order valence-electron chi connectivity index (χ1n) is 7.50. The molecular formula is C18H21FN2. The third-order valence-electron chi connectivity index (χ3n) is 4.01. The van der Waals surface area contributed by atoms with Crippen molar-refractivity contribution >= 4 is 5.69 Å². The molecule has 0 aliphatic carbocycles. The molecule has 0 saturated carbocycles. The lowest BCUT2D eigenvalue weighted by molar-refractivity contribution is 0.328. The maximum absolute atomic E-state index is 13.9. The van der Waals surface area contributed by atoms with Gasteiger partial charge >= 0.3 is 0 Å². The second kappa shape index (κ2) is 6.27. The molecule has 1 aliphatic heterocycles. The maximum Gasteiger partial charge on any atom is 0.146 e. The van der Waals surface area contributed by atoms with Gasteiger partial charge in [0.1, 0.15) is 5.82 Å². The molecule has 1 unspecified atom stereocenters. The molecule has 1 saturated heterocycles. The number of halogens is 1. The standard InChI is InChI=1S/C18H21FN2/c1-14-7-8-18(17(19)11-14)20-16-9-10-21(13-16)12-15-5-3-2-4-6-15/h2-8,11,16,20H,9-10,12-13H2,1H3. The second-order valence-corrected chi connectivity index (χ2v) is 5.83. The Bertz CT molecular complexity index is 597. The summed E-state index contributed by atoms with van der Waals surface area (Å²) in [6, 6.07) is 16.2. The van der Waals surface area contributed by atoms with Crippen molar-refractivity contribution in [1.82, 2.24) is 4.90 Å². The van der Waals surface area contributed by atoms with Crippen molar-refractivity contribution in [3.63, 3.8) is 0 Å². The summed E-state index contributed by atoms with van der Waals surface area (Å²) >= 11 is 0. The van der Waals surface area contributed by atoms with E-state index in [1.807, 2.05) is 25.1 Å². The third-order valence-corrected chi connectivity index (χ3v) is 4.01. The van der Waals surface area contributed by atoms with Crippen LogP contribution >= 0.6 is 0 Å². The summed E-state index contributed by atoms with van der Waals surface area (Å²) in [6.45, 7) is 4.89. The average molecular weight is 284 g/mol. The molecule has 110 valence electrons. The Morgan fingerprint density at radius 1 is 1.19 bits per heavy atom. The normalized spacial score (nSPS) is 18.9. The lowest BCUT2D eigenvalue weighted by Gasteiger charge is -2.18. The minimum atomic E-state index is -0.156. The minimum Gasteiger partial charge on any atom is -0.379 e. The van der Waals surface area contributed by atoms with Gasteiger partial charge in [-0.2, -0.15) is 0 Å². The van der Waals surface area contributed by atoms with E-state index in [1.165, 1.54) is 5.56 Å². The molecule has 1 fully saturated rings. The van der Waals surface area contributed by atoms with Crippen molar-refractivity contribution in [2.24, 2.45) is 0 Å². The highest BCUT2D eigenvalue weighted by Gasteiger charge is 2.22. The van der Waals surface area contributed by atoms with Gasteiger partial charge in [0.05, 0.1) is 5.69 Å². The Morgan fingerprint density at radius 3 is 2.76 bits per heavy atom. The van der Waals surface area contributed by atoms with Crippen LogP contribution in [0.2, 0.25) is 0 Å². The van der Waals surface area contributed by atoms with Crippen molar-refractivity contribution in [2.75, 3.05) is 18.4 Å². The van der Waals surface area contributed by atoms with Gasteiger partial charge < -0.3 is 5.32 Å². The number of hydrogen-bond donors (Lipinski definition) is 1. The van der Waals surface area contributed by atoms with E-state index in [2.05, 4.69) is 34.5 Å². The number of nitrogens with zero attached hydrogens (tertiary/aromatic N) is 1. The molecule has 1 atom stereocenters. The third kappa shape index (κ3) is 3.61. The highest BCUT2D eigenvalue weighted by molar-refractivity contribution is 5.47. The second-order valence-electron chi connectivity index (χ2n) is 5.83. The Morgan fingerprint density at radius 2 is 2.00 bits per heavy atom. The molecule has 1 heterocycles. The fourth-order valence-electron chi connectivity index (χ4n) is 2.89. The minimum absolute atomic E-state index is 0.156. The van der Waals surface area contributed by atoms with Crippen molar-refractivity contribution in [1.29, 1.82) is 0 Å². The van der Waals surface area contributed by atoms with Crippen molar-refractivity contribution < 1.29 is 4.39 Å². The topological polar surface area (TPSA) is 15.3 Å². The molecule has 21 heavy (non-hydrogen) atoms. The number of likely N-dealkylation sites (tertiary alicyclic amines) is 1. The van der Waals surface area contributed by atoms with Gasteiger partial charge in [-0.3, -0.25) is 4.90 Å². The number of benzene rings is 2. The largest absolute Gasteiger partial charge is 0.379 e. The van der Waals surface area contributed by atoms with E-state index in [1.54, 1.807) is 6.07 Å². The summed E-state index contributed by atoms with van der Waals surface area (Å²) in [7, 11) is 0. The molecule has 2 nitrogen and oxygen atoms in total. The fourth-order valence-corrected chi connectivity index (χ4v) is 2.89. The van der Waals surface area contributed by atoms with Crippen LogP contribution < -0.4 is 5.32 Å². The Labute approximate surface area is 125 Å². The number of hydrogen-bond acceptors (Lipinski definition) is 2. The zero-order valence-corrected chi connectivity index (χ0v) is 12.3. The van der Waals surface area contributed by atoms with E-state index in [9.17, 15) is 4.39 Å². The van der Waals surface area contributed by atoms with E-state index < -0.39 is 0 Å².